The van der Waals surface area contributed by atoms with Gasteiger partial charge in [0.15, 0.2) is 0 Å². The molecule has 2 N–H and O–H groups in total. The topological polar surface area (TPSA) is 35.2 Å². The average molecular weight is 275 g/mol. The monoisotopic (exact) mass is 275 g/mol. The molecule has 0 saturated carbocycles. The van der Waals surface area contributed by atoms with E-state index in [1.807, 2.05) is 13.8 Å². The van der Waals surface area contributed by atoms with Gasteiger partial charge in [-0.2, -0.15) is 13.2 Å². The molecule has 0 amide bonds. The van der Waals surface area contributed by atoms with Gasteiger partial charge in [0.1, 0.15) is 0 Å². The van der Waals surface area contributed by atoms with E-state index < -0.39 is 11.7 Å². The van der Waals surface area contributed by atoms with Crippen LogP contribution < -0.4 is 5.90 Å². The first kappa shape index (κ1) is 16.0. The molecule has 5 heteroatoms. The molecule has 0 spiro atoms. The molecular formula is C14H20F3NO. The molecule has 0 saturated heterocycles. The van der Waals surface area contributed by atoms with Crippen LogP contribution >= 0.6 is 0 Å². The highest BCUT2D eigenvalue weighted by atomic mass is 19.4. The van der Waals surface area contributed by atoms with Crippen molar-refractivity contribution in [2.24, 2.45) is 5.90 Å². The molecule has 0 heterocycles. The Morgan fingerprint density at radius 1 is 1.26 bits per heavy atom. The number of nitrogens with two attached hydrogens (primary N) is 1. The third-order valence-electron chi connectivity index (χ3n) is 3.24. The van der Waals surface area contributed by atoms with Gasteiger partial charge in [-0.15, -0.1) is 0 Å². The minimum atomic E-state index is -4.35. The Morgan fingerprint density at radius 3 is 2.42 bits per heavy atom. The molecule has 1 aromatic carbocycles. The smallest absolute Gasteiger partial charge is 0.300 e. The molecule has 1 aromatic rings. The maximum Gasteiger partial charge on any atom is 0.416 e. The summed E-state index contributed by atoms with van der Waals surface area (Å²) < 4.78 is 39.4. The average Bonchev–Trinajstić information content (AvgIpc) is 2.35. The highest BCUT2D eigenvalue weighted by Crippen LogP contribution is 2.38. The van der Waals surface area contributed by atoms with Crippen molar-refractivity contribution >= 4 is 0 Å². The molecule has 0 aromatic heterocycles. The summed E-state index contributed by atoms with van der Waals surface area (Å²) in [5.74, 6) is 4.85. The quantitative estimate of drug-likeness (QED) is 0.781. The van der Waals surface area contributed by atoms with E-state index in [0.29, 0.717) is 17.5 Å². The lowest BCUT2D eigenvalue weighted by atomic mass is 9.87. The first-order valence-electron chi connectivity index (χ1n) is 6.45. The summed E-state index contributed by atoms with van der Waals surface area (Å²) in [5.41, 5.74) is 0.241. The molecule has 19 heavy (non-hydrogen) atoms. The van der Waals surface area contributed by atoms with Gasteiger partial charge in [-0.1, -0.05) is 32.4 Å². The van der Waals surface area contributed by atoms with Crippen molar-refractivity contribution in [3.63, 3.8) is 0 Å². The lowest BCUT2D eigenvalue weighted by Gasteiger charge is -2.21. The van der Waals surface area contributed by atoms with Gasteiger partial charge in [0.25, 0.3) is 0 Å². The summed E-state index contributed by atoms with van der Waals surface area (Å²) in [7, 11) is 0. The second-order valence-electron chi connectivity index (χ2n) is 4.62. The van der Waals surface area contributed by atoms with Crippen LogP contribution in [-0.2, 0) is 17.6 Å². The Kier molecular flexibility index (Phi) is 5.82. The zero-order valence-electron chi connectivity index (χ0n) is 11.3. The Hall–Kier alpha value is -1.07. The van der Waals surface area contributed by atoms with Gasteiger partial charge in [-0.25, -0.2) is 5.90 Å². The van der Waals surface area contributed by atoms with Gasteiger partial charge in [0.2, 0.25) is 0 Å². The standard InChI is InChI=1S/C14H20F3NO/c1-3-5-11(4-2)12-7-6-10(9-19-18)8-13(12)14(15,16)17/h6-8,11H,3-5,9,18H2,1-2H3. The van der Waals surface area contributed by atoms with Gasteiger partial charge in [0, 0.05) is 0 Å². The van der Waals surface area contributed by atoms with Crippen molar-refractivity contribution in [3.05, 3.63) is 34.9 Å². The van der Waals surface area contributed by atoms with Crippen molar-refractivity contribution in [1.29, 1.82) is 0 Å². The number of hydrogen-bond acceptors (Lipinski definition) is 2. The van der Waals surface area contributed by atoms with E-state index in [2.05, 4.69) is 4.84 Å². The van der Waals surface area contributed by atoms with E-state index in [9.17, 15) is 13.2 Å². The van der Waals surface area contributed by atoms with Crippen LogP contribution in [0, 0.1) is 0 Å². The lowest BCUT2D eigenvalue weighted by Crippen LogP contribution is -2.13. The van der Waals surface area contributed by atoms with Crippen LogP contribution in [0.3, 0.4) is 0 Å². The molecule has 108 valence electrons. The predicted octanol–water partition coefficient (Wildman–Crippen LogP) is 4.39. The molecule has 1 atom stereocenters. The third kappa shape index (κ3) is 4.21. The molecule has 0 radical (unpaired) electrons. The van der Waals surface area contributed by atoms with Crippen LogP contribution in [-0.4, -0.2) is 0 Å². The van der Waals surface area contributed by atoms with E-state index in [4.69, 9.17) is 5.90 Å². The van der Waals surface area contributed by atoms with E-state index in [-0.39, 0.29) is 12.5 Å². The first-order chi connectivity index (χ1) is 8.93. The largest absolute Gasteiger partial charge is 0.416 e. The van der Waals surface area contributed by atoms with Gasteiger partial charge in [0.05, 0.1) is 12.2 Å². The summed E-state index contributed by atoms with van der Waals surface area (Å²) in [6.07, 6.45) is -2.03. The van der Waals surface area contributed by atoms with Crippen LogP contribution in [0.4, 0.5) is 13.2 Å². The lowest BCUT2D eigenvalue weighted by molar-refractivity contribution is -0.138. The molecule has 1 rings (SSSR count). The molecule has 0 aliphatic rings. The van der Waals surface area contributed by atoms with Crippen LogP contribution in [0.1, 0.15) is 55.7 Å². The molecule has 0 fully saturated rings. The van der Waals surface area contributed by atoms with Crippen LogP contribution in [0.2, 0.25) is 0 Å². The minimum absolute atomic E-state index is 0.0199. The van der Waals surface area contributed by atoms with Crippen LogP contribution in [0.5, 0.6) is 0 Å². The summed E-state index contributed by atoms with van der Waals surface area (Å²) >= 11 is 0. The van der Waals surface area contributed by atoms with E-state index in [0.717, 1.165) is 18.9 Å². The van der Waals surface area contributed by atoms with Gasteiger partial charge in [-0.3, -0.25) is 4.84 Å². The normalized spacial score (nSPS) is 13.6. The van der Waals surface area contributed by atoms with Crippen molar-refractivity contribution < 1.29 is 18.0 Å². The zero-order chi connectivity index (χ0) is 14.5. The number of alkyl halides is 3. The fourth-order valence-corrected chi connectivity index (χ4v) is 2.32. The van der Waals surface area contributed by atoms with Crippen molar-refractivity contribution in [2.75, 3.05) is 0 Å². The maximum absolute atomic E-state index is 13.1. The predicted molar refractivity (Wildman–Crippen MR) is 68.4 cm³/mol. The molecule has 0 bridgehead atoms. The molecular weight excluding hydrogens is 255 g/mol. The molecule has 0 aliphatic carbocycles. The number of rotatable bonds is 6. The fraction of sp³-hybridized carbons (Fsp3) is 0.571. The second kappa shape index (κ2) is 6.91. The van der Waals surface area contributed by atoms with E-state index >= 15 is 0 Å². The van der Waals surface area contributed by atoms with Gasteiger partial charge < -0.3 is 0 Å². The van der Waals surface area contributed by atoms with Crippen LogP contribution in [0.15, 0.2) is 18.2 Å². The Morgan fingerprint density at radius 2 is 1.95 bits per heavy atom. The van der Waals surface area contributed by atoms with Gasteiger partial charge >= 0.3 is 6.18 Å². The molecule has 2 nitrogen and oxygen atoms in total. The van der Waals surface area contributed by atoms with Gasteiger partial charge in [-0.05, 0) is 36.0 Å². The summed E-state index contributed by atoms with van der Waals surface area (Å²) in [6.45, 7) is 3.87. The fourth-order valence-electron chi connectivity index (χ4n) is 2.32. The summed E-state index contributed by atoms with van der Waals surface area (Å²) in [5, 5.41) is 0. The SMILES string of the molecule is CCCC(CC)c1ccc(CON)cc1C(F)(F)F. The van der Waals surface area contributed by atoms with Crippen molar-refractivity contribution in [1.82, 2.24) is 0 Å². The molecule has 0 aliphatic heterocycles. The third-order valence-corrected chi connectivity index (χ3v) is 3.24. The number of benzene rings is 1. The number of hydrogen-bond donors (Lipinski definition) is 1. The zero-order valence-corrected chi connectivity index (χ0v) is 11.3. The van der Waals surface area contributed by atoms with E-state index in [1.54, 1.807) is 12.1 Å². The van der Waals surface area contributed by atoms with E-state index in [1.165, 1.54) is 0 Å². The van der Waals surface area contributed by atoms with Crippen LogP contribution in [0.25, 0.3) is 0 Å². The highest BCUT2D eigenvalue weighted by molar-refractivity contribution is 5.36. The van der Waals surface area contributed by atoms with Crippen molar-refractivity contribution in [3.8, 4) is 0 Å². The van der Waals surface area contributed by atoms with Crippen molar-refractivity contribution in [2.45, 2.75) is 51.8 Å². The first-order valence-corrected chi connectivity index (χ1v) is 6.45. The second-order valence-corrected chi connectivity index (χ2v) is 4.62. The summed E-state index contributed by atoms with van der Waals surface area (Å²) in [4.78, 5) is 4.40. The highest BCUT2D eigenvalue weighted by Gasteiger charge is 2.35. The number of halogens is 3. The minimum Gasteiger partial charge on any atom is -0.300 e. The Labute approximate surface area is 111 Å². The summed E-state index contributed by atoms with van der Waals surface area (Å²) in [6, 6.07) is 4.34. The molecule has 1 unspecified atom stereocenters. The Bertz CT molecular complexity index is 404. The Balaban J connectivity index is 3.22. The maximum atomic E-state index is 13.1.